The quantitative estimate of drug-likeness (QED) is 0.277. The number of halogens is 2. The van der Waals surface area contributed by atoms with Gasteiger partial charge in [0, 0.05) is 0 Å². The highest BCUT2D eigenvalue weighted by Crippen LogP contribution is 2.55. The number of hydrogen-bond donors (Lipinski definition) is 0. The Morgan fingerprint density at radius 3 is 1.30 bits per heavy atom. The van der Waals surface area contributed by atoms with E-state index in [4.69, 9.17) is 0 Å². The van der Waals surface area contributed by atoms with Crippen LogP contribution < -0.4 is 32.9 Å². The zero-order chi connectivity index (χ0) is 19.7. The van der Waals surface area contributed by atoms with E-state index in [9.17, 15) is 0 Å². The van der Waals surface area contributed by atoms with Crippen molar-refractivity contribution in [2.45, 2.75) is 25.7 Å². The van der Waals surface area contributed by atoms with Crippen molar-refractivity contribution in [1.82, 2.24) is 4.90 Å². The van der Waals surface area contributed by atoms with Crippen molar-refractivity contribution in [3.8, 4) is 0 Å². The minimum atomic E-state index is -1.63. The predicted molar refractivity (Wildman–Crippen MR) is 137 cm³/mol. The fraction of sp³-hybridized carbons (Fsp3) is 0.308. The van der Waals surface area contributed by atoms with E-state index in [-0.39, 0.29) is 34.0 Å². The summed E-state index contributed by atoms with van der Waals surface area (Å²) in [7, 11) is 2.70. The fourth-order valence-electron chi connectivity index (χ4n) is 4.01. The molecular formula is C26H34Br2NP. The summed E-state index contributed by atoms with van der Waals surface area (Å²) in [6, 6.07) is 33.7. The van der Waals surface area contributed by atoms with Crippen molar-refractivity contribution in [3.05, 3.63) is 91.0 Å². The molecule has 0 aromatic heterocycles. The second kappa shape index (κ2) is 14.1. The molecule has 3 rings (SSSR count). The zero-order valence-corrected chi connectivity index (χ0v) is 22.3. The first kappa shape index (κ1) is 27.0. The molecule has 162 valence electrons. The van der Waals surface area contributed by atoms with Crippen molar-refractivity contribution >= 4 is 40.2 Å². The highest BCUT2D eigenvalue weighted by atomic mass is 79.9. The Kier molecular flexibility index (Phi) is 12.8. The van der Waals surface area contributed by atoms with Gasteiger partial charge in [-0.1, -0.05) is 61.0 Å². The van der Waals surface area contributed by atoms with E-state index in [1.54, 1.807) is 0 Å². The lowest BCUT2D eigenvalue weighted by molar-refractivity contribution is -0.00000579. The van der Waals surface area contributed by atoms with Gasteiger partial charge in [0.1, 0.15) is 23.2 Å². The molecule has 3 aromatic rings. The van der Waals surface area contributed by atoms with Crippen LogP contribution in [0.1, 0.15) is 25.7 Å². The molecule has 3 aromatic carbocycles. The van der Waals surface area contributed by atoms with Gasteiger partial charge in [0.2, 0.25) is 0 Å². The number of benzene rings is 3. The van der Waals surface area contributed by atoms with Gasteiger partial charge in [-0.2, -0.15) is 0 Å². The van der Waals surface area contributed by atoms with Crippen LogP contribution in [0.15, 0.2) is 91.0 Å². The van der Waals surface area contributed by atoms with E-state index in [2.05, 4.69) is 110 Å². The van der Waals surface area contributed by atoms with Crippen LogP contribution in [0.2, 0.25) is 0 Å². The molecular weight excluding hydrogens is 517 g/mol. The Hall–Kier alpha value is -0.990. The van der Waals surface area contributed by atoms with Gasteiger partial charge in [0.15, 0.2) is 0 Å². The van der Waals surface area contributed by atoms with E-state index >= 15 is 0 Å². The fourth-order valence-corrected chi connectivity index (χ4v) is 8.42. The third-order valence-electron chi connectivity index (χ3n) is 5.44. The molecule has 0 spiro atoms. The van der Waals surface area contributed by atoms with E-state index < -0.39 is 7.26 Å². The Morgan fingerprint density at radius 1 is 0.567 bits per heavy atom. The largest absolute Gasteiger partial charge is 1.00 e. The second-order valence-corrected chi connectivity index (χ2v) is 11.4. The molecule has 0 unspecified atom stereocenters. The molecule has 0 N–H and O–H groups in total. The Labute approximate surface area is 204 Å². The van der Waals surface area contributed by atoms with Gasteiger partial charge in [-0.25, -0.2) is 0 Å². The number of hydrogen-bond acceptors (Lipinski definition) is 1. The first-order chi connectivity index (χ1) is 13.7. The zero-order valence-electron chi connectivity index (χ0n) is 18.1. The van der Waals surface area contributed by atoms with Crippen LogP contribution in [0.4, 0.5) is 0 Å². The summed E-state index contributed by atoms with van der Waals surface area (Å²) in [5, 5.41) is 4.50. The second-order valence-electron chi connectivity index (χ2n) is 7.76. The van der Waals surface area contributed by atoms with Crippen LogP contribution in [0.5, 0.6) is 0 Å². The molecule has 0 saturated carbocycles. The average molecular weight is 551 g/mol. The van der Waals surface area contributed by atoms with Crippen LogP contribution in [0.3, 0.4) is 0 Å². The summed E-state index contributed by atoms with van der Waals surface area (Å²) in [5.41, 5.74) is 0. The van der Waals surface area contributed by atoms with Gasteiger partial charge in [-0.3, -0.25) is 0 Å². The molecule has 0 aliphatic carbocycles. The lowest BCUT2D eigenvalue weighted by Crippen LogP contribution is -3.00. The third kappa shape index (κ3) is 7.02. The summed E-state index contributed by atoms with van der Waals surface area (Å²) in [6.07, 6.45) is 6.44. The van der Waals surface area contributed by atoms with Gasteiger partial charge in [-0.15, -0.1) is 17.0 Å². The van der Waals surface area contributed by atoms with Crippen molar-refractivity contribution < 1.29 is 17.0 Å². The minimum absolute atomic E-state index is 0. The highest BCUT2D eigenvalue weighted by Gasteiger charge is 2.44. The molecule has 0 radical (unpaired) electrons. The maximum absolute atomic E-state index is 2.35. The summed E-state index contributed by atoms with van der Waals surface area (Å²) >= 11 is 0. The van der Waals surface area contributed by atoms with E-state index in [0.29, 0.717) is 0 Å². The molecule has 1 nitrogen and oxygen atoms in total. The molecule has 0 aliphatic rings. The van der Waals surface area contributed by atoms with Crippen LogP contribution in [-0.2, 0) is 0 Å². The van der Waals surface area contributed by atoms with Gasteiger partial charge in [0.05, 0.1) is 6.16 Å². The molecule has 30 heavy (non-hydrogen) atoms. The minimum Gasteiger partial charge on any atom is -1.00 e. The number of rotatable bonds is 10. The van der Waals surface area contributed by atoms with Crippen molar-refractivity contribution in [3.63, 3.8) is 0 Å². The molecule has 0 amide bonds. The molecule has 0 aliphatic heterocycles. The Bertz CT molecular complexity index is 714. The maximum Gasteiger partial charge on any atom is 0.112 e. The van der Waals surface area contributed by atoms with Crippen LogP contribution in [0.25, 0.3) is 0 Å². The molecule has 0 fully saturated rings. The summed E-state index contributed by atoms with van der Waals surface area (Å²) in [4.78, 5) is 2.29. The standard InChI is InChI=1S/C26H33NP.2BrH/c1-27(2)22-14-3-4-15-23-28(24-16-8-5-9-17-24,25-18-10-6-11-19-25)26-20-12-7-13-21-26;;/h5-13,16-21H,3-4,14-15,22-23H2,1-2H3;2*1H/q+1;;/p-1. The lowest BCUT2D eigenvalue weighted by Gasteiger charge is -2.27. The highest BCUT2D eigenvalue weighted by molar-refractivity contribution is 8.93. The molecule has 0 heterocycles. The first-order valence-corrected chi connectivity index (χ1v) is 12.4. The number of nitrogens with zero attached hydrogens (tertiary/aromatic N) is 1. The van der Waals surface area contributed by atoms with Crippen LogP contribution in [0, 0.1) is 0 Å². The van der Waals surface area contributed by atoms with Crippen molar-refractivity contribution in [2.24, 2.45) is 0 Å². The summed E-state index contributed by atoms with van der Waals surface area (Å²) in [5.74, 6) is 0. The number of unbranched alkanes of at least 4 members (excludes halogenated alkanes) is 3. The topological polar surface area (TPSA) is 3.24 Å². The normalized spacial score (nSPS) is 10.9. The molecule has 0 saturated heterocycles. The predicted octanol–water partition coefficient (Wildman–Crippen LogP) is 2.68. The van der Waals surface area contributed by atoms with Gasteiger partial charge in [-0.05, 0) is 76.3 Å². The molecule has 0 atom stereocenters. The van der Waals surface area contributed by atoms with Crippen molar-refractivity contribution in [1.29, 1.82) is 0 Å². The van der Waals surface area contributed by atoms with Crippen LogP contribution >= 0.6 is 24.2 Å². The third-order valence-corrected chi connectivity index (χ3v) is 9.97. The first-order valence-electron chi connectivity index (χ1n) is 10.4. The summed E-state index contributed by atoms with van der Waals surface area (Å²) < 4.78 is 0. The Morgan fingerprint density at radius 2 is 0.933 bits per heavy atom. The van der Waals surface area contributed by atoms with Gasteiger partial charge < -0.3 is 21.9 Å². The maximum atomic E-state index is 2.35. The SMILES string of the molecule is Br.CN(C)CCCCCC[P+](c1ccccc1)(c1ccccc1)c1ccccc1.[Br-]. The monoisotopic (exact) mass is 549 g/mol. The van der Waals surface area contributed by atoms with E-state index in [0.717, 1.165) is 0 Å². The van der Waals surface area contributed by atoms with Gasteiger partial charge >= 0.3 is 0 Å². The molecule has 0 bridgehead atoms. The average Bonchev–Trinajstić information content (AvgIpc) is 2.75. The van der Waals surface area contributed by atoms with Gasteiger partial charge in [0.25, 0.3) is 0 Å². The summed E-state index contributed by atoms with van der Waals surface area (Å²) in [6.45, 7) is 1.19. The van der Waals surface area contributed by atoms with Crippen molar-refractivity contribution in [2.75, 3.05) is 26.8 Å². The molecule has 4 heteroatoms. The lowest BCUT2D eigenvalue weighted by atomic mass is 10.2. The van der Waals surface area contributed by atoms with Crippen LogP contribution in [-0.4, -0.2) is 31.7 Å². The van der Waals surface area contributed by atoms with E-state index in [1.807, 2.05) is 0 Å². The smallest absolute Gasteiger partial charge is 0.112 e. The Balaban J connectivity index is 0.00000225. The van der Waals surface area contributed by atoms with E-state index in [1.165, 1.54) is 54.3 Å².